The zero-order valence-electron chi connectivity index (χ0n) is 15.7. The minimum atomic E-state index is -0.591. The van der Waals surface area contributed by atoms with Gasteiger partial charge >= 0.3 is 5.97 Å². The van der Waals surface area contributed by atoms with Crippen LogP contribution in [-0.4, -0.2) is 11.9 Å². The van der Waals surface area contributed by atoms with Gasteiger partial charge in [0, 0.05) is 10.2 Å². The van der Waals surface area contributed by atoms with E-state index in [-0.39, 0.29) is 10.6 Å². The van der Waals surface area contributed by atoms with Crippen molar-refractivity contribution in [2.45, 2.75) is 0 Å². The molecule has 0 aliphatic rings. The maximum atomic E-state index is 12.4. The molecule has 0 heterocycles. The number of benzene rings is 3. The Bertz CT molecular complexity index is 1200. The van der Waals surface area contributed by atoms with Crippen LogP contribution in [0, 0.1) is 11.3 Å². The van der Waals surface area contributed by atoms with Crippen molar-refractivity contribution in [1.29, 1.82) is 5.26 Å². The van der Waals surface area contributed by atoms with Gasteiger partial charge in [-0.3, -0.25) is 4.79 Å². The molecule has 154 valence electrons. The molecule has 0 saturated carbocycles. The molecule has 5 nitrogen and oxygen atoms in total. The SMILES string of the molecule is N#C/C(=C/c1ccc(OC(=O)c2ccc(Br)cc2)cc1)C(=O)Nc1ccc(Cl)c(Cl)c1. The van der Waals surface area contributed by atoms with E-state index in [9.17, 15) is 14.9 Å². The second kappa shape index (κ2) is 10.3. The maximum Gasteiger partial charge on any atom is 0.343 e. The quantitative estimate of drug-likeness (QED) is 0.181. The molecule has 3 aromatic carbocycles. The van der Waals surface area contributed by atoms with Gasteiger partial charge in [0.15, 0.2) is 0 Å². The highest BCUT2D eigenvalue weighted by molar-refractivity contribution is 9.10. The molecule has 1 amide bonds. The van der Waals surface area contributed by atoms with Gasteiger partial charge < -0.3 is 10.1 Å². The summed E-state index contributed by atoms with van der Waals surface area (Å²) in [4.78, 5) is 24.6. The molecule has 3 aromatic rings. The first-order valence-corrected chi connectivity index (χ1v) is 10.4. The highest BCUT2D eigenvalue weighted by Gasteiger charge is 2.11. The van der Waals surface area contributed by atoms with Crippen LogP contribution >= 0.6 is 39.1 Å². The van der Waals surface area contributed by atoms with E-state index in [1.165, 1.54) is 12.1 Å². The lowest BCUT2D eigenvalue weighted by Crippen LogP contribution is -2.13. The molecule has 0 bridgehead atoms. The van der Waals surface area contributed by atoms with Crippen LogP contribution in [-0.2, 0) is 4.79 Å². The molecule has 0 aliphatic heterocycles. The number of carbonyl (C=O) groups excluding carboxylic acids is 2. The van der Waals surface area contributed by atoms with E-state index in [1.54, 1.807) is 60.7 Å². The summed E-state index contributed by atoms with van der Waals surface area (Å²) in [6.07, 6.45) is 1.42. The van der Waals surface area contributed by atoms with Gasteiger partial charge in [-0.25, -0.2) is 4.79 Å². The Labute approximate surface area is 197 Å². The Morgan fingerprint density at radius 3 is 2.26 bits per heavy atom. The number of rotatable bonds is 5. The third-order valence-electron chi connectivity index (χ3n) is 4.02. The van der Waals surface area contributed by atoms with E-state index in [1.807, 2.05) is 6.07 Å². The molecule has 0 fully saturated rings. The number of anilines is 1. The van der Waals surface area contributed by atoms with Gasteiger partial charge in [0.05, 0.1) is 15.6 Å². The molecule has 0 aromatic heterocycles. The fraction of sp³-hybridized carbons (Fsp3) is 0. The first kappa shape index (κ1) is 22.6. The number of nitriles is 1. The fourth-order valence-electron chi connectivity index (χ4n) is 2.47. The lowest BCUT2D eigenvalue weighted by atomic mass is 10.1. The normalized spacial score (nSPS) is 10.8. The Kier molecular flexibility index (Phi) is 7.48. The zero-order valence-corrected chi connectivity index (χ0v) is 18.8. The number of hydrogen-bond donors (Lipinski definition) is 1. The van der Waals surface area contributed by atoms with Crippen LogP contribution in [0.5, 0.6) is 5.75 Å². The molecule has 0 unspecified atom stereocenters. The van der Waals surface area contributed by atoms with Gasteiger partial charge in [0.25, 0.3) is 5.91 Å². The van der Waals surface area contributed by atoms with Gasteiger partial charge in [0.2, 0.25) is 0 Å². The standard InChI is InChI=1S/C23H13BrCl2N2O3/c24-17-5-3-15(4-6-17)23(30)31-19-8-1-14(2-9-19)11-16(13-27)22(29)28-18-7-10-20(25)21(26)12-18/h1-12H,(H,28,29)/b16-11-. The van der Waals surface area contributed by atoms with Crippen LogP contribution in [0.1, 0.15) is 15.9 Å². The second-order valence-electron chi connectivity index (χ2n) is 6.22. The van der Waals surface area contributed by atoms with E-state index < -0.39 is 11.9 Å². The average molecular weight is 516 g/mol. The summed E-state index contributed by atoms with van der Waals surface area (Å²) in [5, 5.41) is 12.6. The number of halogens is 3. The summed E-state index contributed by atoms with van der Waals surface area (Å²) in [5.41, 5.74) is 1.31. The van der Waals surface area contributed by atoms with Crippen molar-refractivity contribution < 1.29 is 14.3 Å². The van der Waals surface area contributed by atoms with E-state index in [0.717, 1.165) is 4.47 Å². The molecule has 1 N–H and O–H groups in total. The Balaban J connectivity index is 1.69. The van der Waals surface area contributed by atoms with Crippen molar-refractivity contribution in [2.24, 2.45) is 0 Å². The fourth-order valence-corrected chi connectivity index (χ4v) is 3.03. The number of esters is 1. The molecule has 0 atom stereocenters. The molecule has 8 heteroatoms. The topological polar surface area (TPSA) is 79.2 Å². The second-order valence-corrected chi connectivity index (χ2v) is 7.95. The number of ether oxygens (including phenoxy) is 1. The van der Waals surface area contributed by atoms with Crippen molar-refractivity contribution in [1.82, 2.24) is 0 Å². The Hall–Kier alpha value is -3.11. The lowest BCUT2D eigenvalue weighted by molar-refractivity contribution is -0.112. The monoisotopic (exact) mass is 514 g/mol. The van der Waals surface area contributed by atoms with Gasteiger partial charge in [-0.1, -0.05) is 51.3 Å². The molecular formula is C23H13BrCl2N2O3. The summed E-state index contributed by atoms with van der Waals surface area (Å²) in [6.45, 7) is 0. The predicted molar refractivity (Wildman–Crippen MR) is 124 cm³/mol. The molecule has 3 rings (SSSR count). The van der Waals surface area contributed by atoms with Gasteiger partial charge in [-0.05, 0) is 66.2 Å². The predicted octanol–water partition coefficient (Wildman–Crippen LogP) is 6.52. The van der Waals surface area contributed by atoms with E-state index >= 15 is 0 Å². The summed E-state index contributed by atoms with van der Waals surface area (Å²) >= 11 is 15.1. The lowest BCUT2D eigenvalue weighted by Gasteiger charge is -2.06. The van der Waals surface area contributed by atoms with Crippen molar-refractivity contribution >= 4 is 62.8 Å². The highest BCUT2D eigenvalue weighted by atomic mass is 79.9. The Morgan fingerprint density at radius 2 is 1.65 bits per heavy atom. The number of nitrogens with zero attached hydrogens (tertiary/aromatic N) is 1. The number of amides is 1. The van der Waals surface area contributed by atoms with E-state index in [0.29, 0.717) is 27.6 Å². The van der Waals surface area contributed by atoms with Gasteiger partial charge in [0.1, 0.15) is 17.4 Å². The van der Waals surface area contributed by atoms with Crippen molar-refractivity contribution in [2.75, 3.05) is 5.32 Å². The van der Waals surface area contributed by atoms with E-state index in [2.05, 4.69) is 21.2 Å². The first-order valence-electron chi connectivity index (χ1n) is 8.82. The van der Waals surface area contributed by atoms with Crippen molar-refractivity contribution in [3.05, 3.63) is 97.9 Å². The van der Waals surface area contributed by atoms with Crippen LogP contribution < -0.4 is 10.1 Å². The minimum Gasteiger partial charge on any atom is -0.423 e. The van der Waals surface area contributed by atoms with Crippen molar-refractivity contribution in [3.63, 3.8) is 0 Å². The first-order chi connectivity index (χ1) is 14.9. The maximum absolute atomic E-state index is 12.4. The van der Waals surface area contributed by atoms with Crippen LogP contribution in [0.15, 0.2) is 76.8 Å². The number of nitrogens with one attached hydrogen (secondary N) is 1. The van der Waals surface area contributed by atoms with Crippen LogP contribution in [0.25, 0.3) is 6.08 Å². The van der Waals surface area contributed by atoms with Crippen LogP contribution in [0.3, 0.4) is 0 Å². The largest absolute Gasteiger partial charge is 0.423 e. The number of carbonyl (C=O) groups is 2. The third kappa shape index (κ3) is 6.19. The minimum absolute atomic E-state index is 0.106. The van der Waals surface area contributed by atoms with Crippen LogP contribution in [0.2, 0.25) is 10.0 Å². The van der Waals surface area contributed by atoms with E-state index in [4.69, 9.17) is 27.9 Å². The average Bonchev–Trinajstić information content (AvgIpc) is 2.76. The summed E-state index contributed by atoms with van der Waals surface area (Å²) in [6, 6.07) is 19.7. The van der Waals surface area contributed by atoms with Gasteiger partial charge in [-0.15, -0.1) is 0 Å². The number of hydrogen-bond acceptors (Lipinski definition) is 4. The highest BCUT2D eigenvalue weighted by Crippen LogP contribution is 2.25. The third-order valence-corrected chi connectivity index (χ3v) is 5.29. The van der Waals surface area contributed by atoms with Crippen molar-refractivity contribution in [3.8, 4) is 11.8 Å². The Morgan fingerprint density at radius 1 is 0.968 bits per heavy atom. The summed E-state index contributed by atoms with van der Waals surface area (Å²) < 4.78 is 6.19. The molecular weight excluding hydrogens is 503 g/mol. The van der Waals surface area contributed by atoms with Crippen LogP contribution in [0.4, 0.5) is 5.69 Å². The zero-order chi connectivity index (χ0) is 22.4. The smallest absolute Gasteiger partial charge is 0.343 e. The molecule has 0 aliphatic carbocycles. The summed E-state index contributed by atoms with van der Waals surface area (Å²) in [7, 11) is 0. The molecule has 0 saturated heterocycles. The molecule has 0 radical (unpaired) electrons. The molecule has 0 spiro atoms. The molecule has 31 heavy (non-hydrogen) atoms. The van der Waals surface area contributed by atoms with Gasteiger partial charge in [-0.2, -0.15) is 5.26 Å². The summed E-state index contributed by atoms with van der Waals surface area (Å²) in [5.74, 6) is -0.745.